The first-order valence-corrected chi connectivity index (χ1v) is 7.45. The first kappa shape index (κ1) is 15.1. The lowest BCUT2D eigenvalue weighted by atomic mass is 9.79. The summed E-state index contributed by atoms with van der Waals surface area (Å²) in [5, 5.41) is 0. The van der Waals surface area contributed by atoms with Crippen LogP contribution in [-0.2, 0) is 9.31 Å². The molecule has 0 radical (unpaired) electrons. The van der Waals surface area contributed by atoms with Crippen molar-refractivity contribution in [2.24, 2.45) is 0 Å². The second-order valence-corrected chi connectivity index (χ2v) is 6.72. The molecule has 1 aromatic carbocycles. The SMILES string of the molecule is CC1(C)OB(c2cncc(-c3cccc(N)c3)c2)OC1(C)C. The number of benzene rings is 1. The van der Waals surface area contributed by atoms with Gasteiger partial charge in [-0.3, -0.25) is 4.98 Å². The molecule has 1 fully saturated rings. The van der Waals surface area contributed by atoms with Gasteiger partial charge in [0.1, 0.15) is 0 Å². The van der Waals surface area contributed by atoms with Gasteiger partial charge in [0.25, 0.3) is 0 Å². The third-order valence-electron chi connectivity index (χ3n) is 4.50. The summed E-state index contributed by atoms with van der Waals surface area (Å²) in [5.41, 5.74) is 8.83. The Hall–Kier alpha value is -1.85. The van der Waals surface area contributed by atoms with Crippen LogP contribution in [0.15, 0.2) is 42.7 Å². The third kappa shape index (κ3) is 2.62. The predicted octanol–water partition coefficient (Wildman–Crippen LogP) is 2.63. The van der Waals surface area contributed by atoms with Crippen molar-refractivity contribution in [3.05, 3.63) is 42.7 Å². The summed E-state index contributed by atoms with van der Waals surface area (Å²) in [7, 11) is -0.404. The lowest BCUT2D eigenvalue weighted by molar-refractivity contribution is 0.00578. The third-order valence-corrected chi connectivity index (χ3v) is 4.50. The second-order valence-electron chi connectivity index (χ2n) is 6.72. The van der Waals surface area contributed by atoms with E-state index in [2.05, 4.69) is 4.98 Å². The zero-order valence-corrected chi connectivity index (χ0v) is 13.5. The number of nitrogen functional groups attached to an aromatic ring is 1. The molecule has 1 aromatic heterocycles. The summed E-state index contributed by atoms with van der Waals surface area (Å²) in [4.78, 5) is 4.33. The van der Waals surface area contributed by atoms with Crippen molar-refractivity contribution in [3.8, 4) is 11.1 Å². The molecule has 114 valence electrons. The van der Waals surface area contributed by atoms with E-state index in [4.69, 9.17) is 15.0 Å². The maximum atomic E-state index is 6.08. The van der Waals surface area contributed by atoms with E-state index in [9.17, 15) is 0 Å². The van der Waals surface area contributed by atoms with Crippen LogP contribution in [0.3, 0.4) is 0 Å². The molecule has 22 heavy (non-hydrogen) atoms. The van der Waals surface area contributed by atoms with Gasteiger partial charge < -0.3 is 15.0 Å². The van der Waals surface area contributed by atoms with Gasteiger partial charge in [0.15, 0.2) is 0 Å². The van der Waals surface area contributed by atoms with Crippen molar-refractivity contribution >= 4 is 18.3 Å². The van der Waals surface area contributed by atoms with Gasteiger partial charge in [-0.15, -0.1) is 0 Å². The van der Waals surface area contributed by atoms with Gasteiger partial charge in [0, 0.05) is 23.5 Å². The van der Waals surface area contributed by atoms with E-state index < -0.39 is 7.12 Å². The van der Waals surface area contributed by atoms with E-state index in [-0.39, 0.29) is 11.2 Å². The van der Waals surface area contributed by atoms with Crippen molar-refractivity contribution in [2.45, 2.75) is 38.9 Å². The van der Waals surface area contributed by atoms with Gasteiger partial charge in [-0.25, -0.2) is 0 Å². The van der Waals surface area contributed by atoms with Gasteiger partial charge in [0.05, 0.1) is 11.2 Å². The standard InChI is InChI=1S/C17H21BN2O2/c1-16(2)17(3,4)22-18(21-16)14-8-13(10-20-11-14)12-6-5-7-15(19)9-12/h5-11H,19H2,1-4H3. The summed E-state index contributed by atoms with van der Waals surface area (Å²) in [6, 6.07) is 9.80. The fourth-order valence-corrected chi connectivity index (χ4v) is 2.44. The number of nitrogens with two attached hydrogens (primary N) is 1. The van der Waals surface area contributed by atoms with E-state index in [1.54, 1.807) is 6.20 Å². The molecule has 0 unspecified atom stereocenters. The number of hydrogen-bond donors (Lipinski definition) is 1. The predicted molar refractivity (Wildman–Crippen MR) is 89.8 cm³/mol. The van der Waals surface area contributed by atoms with Crippen LogP contribution < -0.4 is 11.2 Å². The molecule has 0 saturated carbocycles. The van der Waals surface area contributed by atoms with Crippen LogP contribution in [0.25, 0.3) is 11.1 Å². The van der Waals surface area contributed by atoms with E-state index in [1.807, 2.05) is 64.2 Å². The molecular formula is C17H21BN2O2. The smallest absolute Gasteiger partial charge is 0.399 e. The van der Waals surface area contributed by atoms with Crippen LogP contribution in [0.5, 0.6) is 0 Å². The average molecular weight is 296 g/mol. The Balaban J connectivity index is 1.93. The van der Waals surface area contributed by atoms with Gasteiger partial charge in [-0.2, -0.15) is 0 Å². The number of pyridine rings is 1. The molecule has 1 aliphatic heterocycles. The summed E-state index contributed by atoms with van der Waals surface area (Å²) in [6.45, 7) is 8.18. The van der Waals surface area contributed by atoms with Gasteiger partial charge >= 0.3 is 7.12 Å². The molecule has 0 atom stereocenters. The zero-order chi connectivity index (χ0) is 16.0. The van der Waals surface area contributed by atoms with Crippen molar-refractivity contribution in [1.29, 1.82) is 0 Å². The summed E-state index contributed by atoms with van der Waals surface area (Å²) in [6.07, 6.45) is 3.61. The van der Waals surface area contributed by atoms with Crippen LogP contribution in [0.4, 0.5) is 5.69 Å². The topological polar surface area (TPSA) is 57.4 Å². The van der Waals surface area contributed by atoms with Gasteiger partial charge in [0.2, 0.25) is 0 Å². The minimum Gasteiger partial charge on any atom is -0.399 e. The molecule has 2 N–H and O–H groups in total. The summed E-state index contributed by atoms with van der Waals surface area (Å²) in [5.74, 6) is 0. The van der Waals surface area contributed by atoms with Crippen LogP contribution in [0.1, 0.15) is 27.7 Å². The minimum absolute atomic E-state index is 0.356. The van der Waals surface area contributed by atoms with Crippen LogP contribution >= 0.6 is 0 Å². The van der Waals surface area contributed by atoms with Gasteiger partial charge in [-0.1, -0.05) is 18.2 Å². The van der Waals surface area contributed by atoms with E-state index in [0.29, 0.717) is 0 Å². The molecule has 0 spiro atoms. The first-order chi connectivity index (χ1) is 10.3. The molecule has 1 aliphatic rings. The van der Waals surface area contributed by atoms with E-state index >= 15 is 0 Å². The Morgan fingerprint density at radius 1 is 0.955 bits per heavy atom. The molecule has 0 amide bonds. The Bertz CT molecular complexity index is 685. The first-order valence-electron chi connectivity index (χ1n) is 7.45. The van der Waals surface area contributed by atoms with Crippen LogP contribution in [0.2, 0.25) is 0 Å². The molecule has 0 bridgehead atoms. The normalized spacial score (nSPS) is 19.4. The van der Waals surface area contributed by atoms with E-state index in [0.717, 1.165) is 22.3 Å². The highest BCUT2D eigenvalue weighted by molar-refractivity contribution is 6.62. The van der Waals surface area contributed by atoms with Crippen LogP contribution in [-0.4, -0.2) is 23.3 Å². The van der Waals surface area contributed by atoms with Crippen molar-refractivity contribution in [1.82, 2.24) is 4.98 Å². The average Bonchev–Trinajstić information content (AvgIpc) is 2.68. The molecule has 4 nitrogen and oxygen atoms in total. The molecule has 2 aromatic rings. The quantitative estimate of drug-likeness (QED) is 0.683. The lowest BCUT2D eigenvalue weighted by Crippen LogP contribution is -2.41. The Kier molecular flexibility index (Phi) is 3.50. The number of anilines is 1. The van der Waals surface area contributed by atoms with Crippen molar-refractivity contribution in [3.63, 3.8) is 0 Å². The zero-order valence-electron chi connectivity index (χ0n) is 13.5. The minimum atomic E-state index is -0.404. The van der Waals surface area contributed by atoms with Gasteiger partial charge in [-0.05, 0) is 51.0 Å². The lowest BCUT2D eigenvalue weighted by Gasteiger charge is -2.32. The monoisotopic (exact) mass is 296 g/mol. The molecule has 3 rings (SSSR count). The Labute approximate surface area is 131 Å². The molecule has 1 saturated heterocycles. The second kappa shape index (κ2) is 5.11. The fourth-order valence-electron chi connectivity index (χ4n) is 2.44. The number of rotatable bonds is 2. The van der Waals surface area contributed by atoms with E-state index in [1.165, 1.54) is 0 Å². The highest BCUT2D eigenvalue weighted by atomic mass is 16.7. The molecule has 2 heterocycles. The fraction of sp³-hybridized carbons (Fsp3) is 0.353. The van der Waals surface area contributed by atoms with Crippen LogP contribution in [0, 0.1) is 0 Å². The largest absolute Gasteiger partial charge is 0.496 e. The molecule has 0 aliphatic carbocycles. The summed E-state index contributed by atoms with van der Waals surface area (Å²) >= 11 is 0. The van der Waals surface area contributed by atoms with Crippen molar-refractivity contribution < 1.29 is 9.31 Å². The highest BCUT2D eigenvalue weighted by Gasteiger charge is 2.51. The summed E-state index contributed by atoms with van der Waals surface area (Å²) < 4.78 is 12.2. The maximum absolute atomic E-state index is 6.08. The molecular weight excluding hydrogens is 275 g/mol. The molecule has 5 heteroatoms. The Morgan fingerprint density at radius 3 is 2.27 bits per heavy atom. The maximum Gasteiger partial charge on any atom is 0.496 e. The Morgan fingerprint density at radius 2 is 1.64 bits per heavy atom. The number of nitrogens with zero attached hydrogens (tertiary/aromatic N) is 1. The van der Waals surface area contributed by atoms with Crippen molar-refractivity contribution in [2.75, 3.05) is 5.73 Å². The number of aromatic nitrogens is 1. The number of hydrogen-bond acceptors (Lipinski definition) is 4. The highest BCUT2D eigenvalue weighted by Crippen LogP contribution is 2.36.